The zero-order valence-electron chi connectivity index (χ0n) is 12.5. The van der Waals surface area contributed by atoms with Gasteiger partial charge in [-0.1, -0.05) is 0 Å². The molecule has 0 saturated heterocycles. The Bertz CT molecular complexity index is 638. The van der Waals surface area contributed by atoms with E-state index in [0.29, 0.717) is 23.8 Å². The van der Waals surface area contributed by atoms with Crippen LogP contribution in [0.4, 0.5) is 5.82 Å². The van der Waals surface area contributed by atoms with Crippen LogP contribution in [0.5, 0.6) is 0 Å². The summed E-state index contributed by atoms with van der Waals surface area (Å²) in [7, 11) is 0. The number of fused-ring (bicyclic) bond motifs is 3. The summed E-state index contributed by atoms with van der Waals surface area (Å²) in [6.45, 7) is 0.714. The van der Waals surface area contributed by atoms with E-state index in [4.69, 9.17) is 0 Å². The van der Waals surface area contributed by atoms with Crippen molar-refractivity contribution < 1.29 is 10.2 Å². The summed E-state index contributed by atoms with van der Waals surface area (Å²) >= 11 is 0. The Morgan fingerprint density at radius 3 is 2.86 bits per heavy atom. The number of aliphatic hydroxyl groups is 2. The number of aliphatic hydroxyl groups excluding tert-OH is 2. The molecule has 0 aliphatic heterocycles. The molecule has 3 aliphatic carbocycles. The molecule has 5 nitrogen and oxygen atoms in total. The molecule has 0 unspecified atom stereocenters. The van der Waals surface area contributed by atoms with Gasteiger partial charge in [-0.3, -0.25) is 0 Å². The SMILES string of the molecule is N#Cc1cc2c(nc1NC[C@H]1C[C@@H]3C[C@H]1[C@@H](O)[C@H]3O)CCC2. The molecular formula is C17H21N3O2. The largest absolute Gasteiger partial charge is 0.390 e. The summed E-state index contributed by atoms with van der Waals surface area (Å²) in [5.41, 5.74) is 2.94. The lowest BCUT2D eigenvalue weighted by atomic mass is 9.85. The highest BCUT2D eigenvalue weighted by Gasteiger charge is 2.51. The molecule has 0 radical (unpaired) electrons. The Kier molecular flexibility index (Phi) is 3.32. The molecule has 3 aliphatic rings. The maximum Gasteiger partial charge on any atom is 0.144 e. The number of pyridine rings is 1. The summed E-state index contributed by atoms with van der Waals surface area (Å²) in [4.78, 5) is 4.64. The van der Waals surface area contributed by atoms with Crippen molar-refractivity contribution in [1.82, 2.24) is 4.98 Å². The van der Waals surface area contributed by atoms with Crippen molar-refractivity contribution in [3.63, 3.8) is 0 Å². The molecule has 3 N–H and O–H groups in total. The van der Waals surface area contributed by atoms with Gasteiger partial charge in [0.2, 0.25) is 0 Å². The molecular weight excluding hydrogens is 278 g/mol. The Hall–Kier alpha value is -1.64. The minimum absolute atomic E-state index is 0.174. The van der Waals surface area contributed by atoms with E-state index < -0.39 is 12.2 Å². The lowest BCUT2D eigenvalue weighted by Gasteiger charge is -2.30. The number of anilines is 1. The Balaban J connectivity index is 1.48. The third-order valence-electron chi connectivity index (χ3n) is 5.76. The van der Waals surface area contributed by atoms with Gasteiger partial charge in [-0.2, -0.15) is 5.26 Å². The Labute approximate surface area is 130 Å². The number of nitrogens with zero attached hydrogens (tertiary/aromatic N) is 2. The maximum absolute atomic E-state index is 10.0. The van der Waals surface area contributed by atoms with Crippen LogP contribution in [0.15, 0.2) is 6.07 Å². The van der Waals surface area contributed by atoms with Crippen LogP contribution in [0.25, 0.3) is 0 Å². The third kappa shape index (κ3) is 2.10. The first-order chi connectivity index (χ1) is 10.7. The molecule has 5 heteroatoms. The molecule has 0 amide bonds. The minimum atomic E-state index is -0.589. The van der Waals surface area contributed by atoms with Gasteiger partial charge in [-0.05, 0) is 61.5 Å². The van der Waals surface area contributed by atoms with Crippen molar-refractivity contribution in [2.75, 3.05) is 11.9 Å². The van der Waals surface area contributed by atoms with E-state index in [2.05, 4.69) is 16.4 Å². The second-order valence-corrected chi connectivity index (χ2v) is 6.97. The topological polar surface area (TPSA) is 89.2 Å². The van der Waals surface area contributed by atoms with Crippen molar-refractivity contribution in [3.8, 4) is 6.07 Å². The number of hydrogen-bond donors (Lipinski definition) is 3. The molecule has 2 bridgehead atoms. The fourth-order valence-corrected chi connectivity index (χ4v) is 4.59. The van der Waals surface area contributed by atoms with Crippen molar-refractivity contribution in [1.29, 1.82) is 5.26 Å². The molecule has 116 valence electrons. The quantitative estimate of drug-likeness (QED) is 0.781. The number of rotatable bonds is 3. The average Bonchev–Trinajstić information content (AvgIpc) is 3.21. The number of aryl methyl sites for hydroxylation is 2. The van der Waals surface area contributed by atoms with Gasteiger partial charge in [-0.25, -0.2) is 4.98 Å². The zero-order valence-corrected chi connectivity index (χ0v) is 12.5. The number of aromatic nitrogens is 1. The predicted octanol–water partition coefficient (Wildman–Crippen LogP) is 1.23. The molecule has 1 aromatic heterocycles. The Morgan fingerprint density at radius 2 is 2.14 bits per heavy atom. The van der Waals surface area contributed by atoms with Crippen molar-refractivity contribution in [2.45, 2.75) is 44.3 Å². The monoisotopic (exact) mass is 299 g/mol. The van der Waals surface area contributed by atoms with Crippen LogP contribution in [-0.4, -0.2) is 33.9 Å². The van der Waals surface area contributed by atoms with Gasteiger partial charge in [0.1, 0.15) is 11.9 Å². The maximum atomic E-state index is 10.0. The summed E-state index contributed by atoms with van der Waals surface area (Å²) in [5.74, 6) is 1.44. The van der Waals surface area contributed by atoms with Crippen LogP contribution in [0.3, 0.4) is 0 Å². The van der Waals surface area contributed by atoms with Crippen LogP contribution in [0.2, 0.25) is 0 Å². The number of nitrogens with one attached hydrogen (secondary N) is 1. The summed E-state index contributed by atoms with van der Waals surface area (Å²) < 4.78 is 0. The minimum Gasteiger partial charge on any atom is -0.390 e. The van der Waals surface area contributed by atoms with E-state index in [9.17, 15) is 15.5 Å². The highest BCUT2D eigenvalue weighted by atomic mass is 16.3. The van der Waals surface area contributed by atoms with E-state index in [1.807, 2.05) is 6.07 Å². The standard InChI is InChI=1S/C17H21N3O2/c18-7-11-4-9-2-1-3-14(9)20-17(11)19-8-12-5-10-6-13(12)16(22)15(10)21/h4,10,12-13,15-16,21-22H,1-3,5-6,8H2,(H,19,20)/t10-,12-,13-,15+,16-/m1/s1. The van der Waals surface area contributed by atoms with Crippen molar-refractivity contribution >= 4 is 5.82 Å². The van der Waals surface area contributed by atoms with Crippen LogP contribution < -0.4 is 5.32 Å². The second-order valence-electron chi connectivity index (χ2n) is 6.97. The lowest BCUT2D eigenvalue weighted by Crippen LogP contribution is -2.38. The highest BCUT2D eigenvalue weighted by Crippen LogP contribution is 2.48. The average molecular weight is 299 g/mol. The van der Waals surface area contributed by atoms with E-state index in [0.717, 1.165) is 37.8 Å². The van der Waals surface area contributed by atoms with Crippen LogP contribution >= 0.6 is 0 Å². The first kappa shape index (κ1) is 14.0. The van der Waals surface area contributed by atoms with Gasteiger partial charge in [0.05, 0.1) is 17.8 Å². The fraction of sp³-hybridized carbons (Fsp3) is 0.647. The molecule has 2 fully saturated rings. The molecule has 4 rings (SSSR count). The normalized spacial score (nSPS) is 35.4. The lowest BCUT2D eigenvalue weighted by molar-refractivity contribution is -0.0317. The molecule has 0 aromatic carbocycles. The van der Waals surface area contributed by atoms with E-state index in [-0.39, 0.29) is 11.8 Å². The molecule has 1 aromatic rings. The van der Waals surface area contributed by atoms with Crippen LogP contribution in [-0.2, 0) is 12.8 Å². The highest BCUT2D eigenvalue weighted by molar-refractivity contribution is 5.55. The smallest absolute Gasteiger partial charge is 0.144 e. The zero-order chi connectivity index (χ0) is 15.3. The third-order valence-corrected chi connectivity index (χ3v) is 5.76. The predicted molar refractivity (Wildman–Crippen MR) is 81.2 cm³/mol. The van der Waals surface area contributed by atoms with Crippen molar-refractivity contribution in [2.24, 2.45) is 17.8 Å². The number of hydrogen-bond acceptors (Lipinski definition) is 5. The van der Waals surface area contributed by atoms with Gasteiger partial charge in [0, 0.05) is 12.2 Å². The summed E-state index contributed by atoms with van der Waals surface area (Å²) in [6, 6.07) is 4.21. The van der Waals surface area contributed by atoms with Gasteiger partial charge >= 0.3 is 0 Å². The second kappa shape index (κ2) is 5.22. The molecule has 2 saturated carbocycles. The molecule has 0 spiro atoms. The molecule has 1 heterocycles. The van der Waals surface area contributed by atoms with E-state index >= 15 is 0 Å². The Morgan fingerprint density at radius 1 is 1.27 bits per heavy atom. The molecule has 5 atom stereocenters. The molecule has 22 heavy (non-hydrogen) atoms. The van der Waals surface area contributed by atoms with Crippen LogP contribution in [0.1, 0.15) is 36.1 Å². The first-order valence-corrected chi connectivity index (χ1v) is 8.20. The van der Waals surface area contributed by atoms with Crippen molar-refractivity contribution in [3.05, 3.63) is 22.9 Å². The van der Waals surface area contributed by atoms with Crippen LogP contribution in [0, 0.1) is 29.1 Å². The van der Waals surface area contributed by atoms with Gasteiger partial charge in [0.25, 0.3) is 0 Å². The fourth-order valence-electron chi connectivity index (χ4n) is 4.59. The number of nitriles is 1. The summed E-state index contributed by atoms with van der Waals surface area (Å²) in [6.07, 6.45) is 3.86. The van der Waals surface area contributed by atoms with E-state index in [1.54, 1.807) is 0 Å². The van der Waals surface area contributed by atoms with E-state index in [1.165, 1.54) is 5.56 Å². The van der Waals surface area contributed by atoms with Gasteiger partial charge < -0.3 is 15.5 Å². The summed E-state index contributed by atoms with van der Waals surface area (Å²) in [5, 5.41) is 32.5. The first-order valence-electron chi connectivity index (χ1n) is 8.20. The van der Waals surface area contributed by atoms with Gasteiger partial charge in [-0.15, -0.1) is 0 Å². The van der Waals surface area contributed by atoms with Gasteiger partial charge in [0.15, 0.2) is 0 Å².